The Morgan fingerprint density at radius 1 is 1.15 bits per heavy atom. The van der Waals surface area contributed by atoms with Gasteiger partial charge >= 0.3 is 0 Å². The molecular weight excluding hydrogens is 344 g/mol. The molecule has 0 radical (unpaired) electrons. The molecule has 3 heterocycles. The van der Waals surface area contributed by atoms with E-state index in [0.29, 0.717) is 18.8 Å². The van der Waals surface area contributed by atoms with Crippen molar-refractivity contribution in [1.29, 1.82) is 0 Å². The molecular formula is C21H26N2O4. The lowest BCUT2D eigenvalue weighted by Crippen LogP contribution is -2.40. The molecule has 1 aromatic carbocycles. The summed E-state index contributed by atoms with van der Waals surface area (Å²) in [6, 6.07) is 7.80. The van der Waals surface area contributed by atoms with Crippen LogP contribution in [0.25, 0.3) is 5.69 Å². The first-order valence-electron chi connectivity index (χ1n) is 9.56. The van der Waals surface area contributed by atoms with Gasteiger partial charge in [0.2, 0.25) is 0 Å². The fourth-order valence-corrected chi connectivity index (χ4v) is 3.94. The zero-order valence-corrected chi connectivity index (χ0v) is 16.1. The summed E-state index contributed by atoms with van der Waals surface area (Å²) < 4.78 is 19.1. The average molecular weight is 370 g/mol. The van der Waals surface area contributed by atoms with Gasteiger partial charge in [0.15, 0.2) is 11.5 Å². The number of fused-ring (bicyclic) bond motifs is 1. The quantitative estimate of drug-likeness (QED) is 0.898. The van der Waals surface area contributed by atoms with Gasteiger partial charge in [-0.2, -0.15) is 0 Å². The van der Waals surface area contributed by atoms with Crippen LogP contribution < -0.4 is 14.8 Å². The fourth-order valence-electron chi connectivity index (χ4n) is 3.94. The van der Waals surface area contributed by atoms with Gasteiger partial charge in [-0.25, -0.2) is 0 Å². The highest BCUT2D eigenvalue weighted by Gasteiger charge is 2.26. The number of carbonyl (C=O) groups is 1. The van der Waals surface area contributed by atoms with Crippen molar-refractivity contribution < 1.29 is 19.0 Å². The minimum Gasteiger partial charge on any atom is -0.486 e. The number of nitrogens with one attached hydrogen (secondary N) is 1. The van der Waals surface area contributed by atoms with Gasteiger partial charge in [-0.1, -0.05) is 0 Å². The van der Waals surface area contributed by atoms with Gasteiger partial charge in [0, 0.05) is 29.7 Å². The predicted molar refractivity (Wildman–Crippen MR) is 102 cm³/mol. The summed E-state index contributed by atoms with van der Waals surface area (Å²) in [6.45, 7) is 7.88. The lowest BCUT2D eigenvalue weighted by molar-refractivity contribution is 0.0712. The number of aromatic nitrogens is 1. The van der Waals surface area contributed by atoms with Crippen LogP contribution in [0.2, 0.25) is 0 Å². The van der Waals surface area contributed by atoms with E-state index >= 15 is 0 Å². The van der Waals surface area contributed by atoms with Crippen molar-refractivity contribution in [3.05, 3.63) is 41.2 Å². The molecule has 0 bridgehead atoms. The van der Waals surface area contributed by atoms with E-state index in [9.17, 15) is 4.79 Å². The minimum atomic E-state index is -0.0603. The number of aryl methyl sites for hydroxylation is 1. The van der Waals surface area contributed by atoms with Gasteiger partial charge in [0.25, 0.3) is 5.91 Å². The summed E-state index contributed by atoms with van der Waals surface area (Å²) >= 11 is 0. The van der Waals surface area contributed by atoms with Crippen molar-refractivity contribution in [1.82, 2.24) is 9.88 Å². The molecule has 6 nitrogen and oxygen atoms in total. The van der Waals surface area contributed by atoms with Gasteiger partial charge < -0.3 is 24.1 Å². The van der Waals surface area contributed by atoms with Crippen molar-refractivity contribution in [2.45, 2.75) is 45.8 Å². The fraction of sp³-hybridized carbons (Fsp3) is 0.476. The Morgan fingerprint density at radius 3 is 2.67 bits per heavy atom. The SMILES string of the molecule is Cc1cc(C(=O)N[C@@H](C)[C@H]2CCCO2)c(C)n1-c1ccc2c(c1)OCCO2. The third-order valence-corrected chi connectivity index (χ3v) is 5.34. The molecule has 2 aliphatic rings. The van der Waals surface area contributed by atoms with E-state index in [0.717, 1.165) is 48.0 Å². The number of ether oxygens (including phenoxy) is 3. The van der Waals surface area contributed by atoms with E-state index in [-0.39, 0.29) is 18.1 Å². The second-order valence-corrected chi connectivity index (χ2v) is 7.26. The van der Waals surface area contributed by atoms with Crippen LogP contribution >= 0.6 is 0 Å². The standard InChI is InChI=1S/C21H26N2O4/c1-13-11-17(21(24)22-14(2)18-5-4-8-25-18)15(3)23(13)16-6-7-19-20(12-16)27-10-9-26-19/h6-7,11-12,14,18H,4-5,8-10H2,1-3H3,(H,22,24)/t14-,18+/m0/s1. The first-order valence-corrected chi connectivity index (χ1v) is 9.56. The van der Waals surface area contributed by atoms with Crippen molar-refractivity contribution in [3.8, 4) is 17.2 Å². The van der Waals surface area contributed by atoms with Crippen molar-refractivity contribution >= 4 is 5.91 Å². The number of hydrogen-bond donors (Lipinski definition) is 1. The molecule has 2 aromatic rings. The molecule has 0 saturated carbocycles. The second kappa shape index (κ2) is 7.27. The van der Waals surface area contributed by atoms with Crippen LogP contribution in [0, 0.1) is 13.8 Å². The summed E-state index contributed by atoms with van der Waals surface area (Å²) in [6.07, 6.45) is 2.16. The van der Waals surface area contributed by atoms with E-state index in [4.69, 9.17) is 14.2 Å². The van der Waals surface area contributed by atoms with E-state index in [1.54, 1.807) is 0 Å². The molecule has 2 aliphatic heterocycles. The third-order valence-electron chi connectivity index (χ3n) is 5.34. The van der Waals surface area contributed by atoms with Gasteiger partial charge in [-0.3, -0.25) is 4.79 Å². The van der Waals surface area contributed by atoms with E-state index in [1.807, 2.05) is 45.0 Å². The highest BCUT2D eigenvalue weighted by molar-refractivity contribution is 5.96. The van der Waals surface area contributed by atoms with Crippen LogP contribution in [0.5, 0.6) is 11.5 Å². The molecule has 144 valence electrons. The smallest absolute Gasteiger partial charge is 0.253 e. The van der Waals surface area contributed by atoms with E-state index < -0.39 is 0 Å². The maximum atomic E-state index is 12.8. The molecule has 6 heteroatoms. The van der Waals surface area contributed by atoms with Crippen LogP contribution in [-0.2, 0) is 4.74 Å². The zero-order valence-electron chi connectivity index (χ0n) is 16.1. The molecule has 4 rings (SSSR count). The topological polar surface area (TPSA) is 61.7 Å². The lowest BCUT2D eigenvalue weighted by Gasteiger charge is -2.20. The molecule has 1 aromatic heterocycles. The Kier molecular flexibility index (Phi) is 4.83. The summed E-state index contributed by atoms with van der Waals surface area (Å²) in [5.74, 6) is 1.44. The molecule has 0 spiro atoms. The minimum absolute atomic E-state index is 0.00245. The Bertz CT molecular complexity index is 852. The Morgan fingerprint density at radius 2 is 1.93 bits per heavy atom. The predicted octanol–water partition coefficient (Wildman–Crippen LogP) is 3.16. The van der Waals surface area contributed by atoms with Gasteiger partial charge in [0.05, 0.1) is 17.7 Å². The Hall–Kier alpha value is -2.47. The van der Waals surface area contributed by atoms with Crippen molar-refractivity contribution in [2.75, 3.05) is 19.8 Å². The summed E-state index contributed by atoms with van der Waals surface area (Å²) in [5, 5.41) is 3.10. The normalized spacial score (nSPS) is 19.7. The van der Waals surface area contributed by atoms with Crippen molar-refractivity contribution in [3.63, 3.8) is 0 Å². The number of carbonyl (C=O) groups excluding carboxylic acids is 1. The van der Waals surface area contributed by atoms with Gasteiger partial charge in [-0.05, 0) is 51.8 Å². The first-order chi connectivity index (χ1) is 13.0. The molecule has 1 amide bonds. The highest BCUT2D eigenvalue weighted by Crippen LogP contribution is 2.33. The first kappa shape index (κ1) is 17.9. The number of rotatable bonds is 4. The van der Waals surface area contributed by atoms with E-state index in [2.05, 4.69) is 9.88 Å². The molecule has 0 unspecified atom stereocenters. The maximum Gasteiger partial charge on any atom is 0.253 e. The number of nitrogens with zero attached hydrogens (tertiary/aromatic N) is 1. The Balaban J connectivity index is 1.59. The molecule has 0 aliphatic carbocycles. The van der Waals surface area contributed by atoms with Crippen LogP contribution in [0.4, 0.5) is 0 Å². The summed E-state index contributed by atoms with van der Waals surface area (Å²) in [4.78, 5) is 12.8. The average Bonchev–Trinajstić information content (AvgIpc) is 3.30. The van der Waals surface area contributed by atoms with Crippen LogP contribution in [0.15, 0.2) is 24.3 Å². The summed E-state index contributed by atoms with van der Waals surface area (Å²) in [5.41, 5.74) is 3.55. The lowest BCUT2D eigenvalue weighted by atomic mass is 10.1. The monoisotopic (exact) mass is 370 g/mol. The molecule has 1 fully saturated rings. The zero-order chi connectivity index (χ0) is 19.0. The number of amides is 1. The second-order valence-electron chi connectivity index (χ2n) is 7.26. The molecule has 2 atom stereocenters. The highest BCUT2D eigenvalue weighted by atomic mass is 16.6. The van der Waals surface area contributed by atoms with Crippen LogP contribution in [-0.4, -0.2) is 42.4 Å². The van der Waals surface area contributed by atoms with Gasteiger partial charge in [-0.15, -0.1) is 0 Å². The summed E-state index contributed by atoms with van der Waals surface area (Å²) in [7, 11) is 0. The molecule has 1 N–H and O–H groups in total. The number of hydrogen-bond acceptors (Lipinski definition) is 4. The third kappa shape index (κ3) is 3.41. The van der Waals surface area contributed by atoms with Gasteiger partial charge in [0.1, 0.15) is 13.2 Å². The largest absolute Gasteiger partial charge is 0.486 e. The van der Waals surface area contributed by atoms with Crippen molar-refractivity contribution in [2.24, 2.45) is 0 Å². The van der Waals surface area contributed by atoms with E-state index in [1.165, 1.54) is 0 Å². The maximum absolute atomic E-state index is 12.8. The van der Waals surface area contributed by atoms with Crippen LogP contribution in [0.1, 0.15) is 41.5 Å². The number of benzene rings is 1. The van der Waals surface area contributed by atoms with Crippen LogP contribution in [0.3, 0.4) is 0 Å². The molecule has 1 saturated heterocycles. The Labute approximate surface area is 159 Å². The molecule has 27 heavy (non-hydrogen) atoms.